The topological polar surface area (TPSA) is 39.5 Å². The van der Waals surface area contributed by atoms with E-state index in [0.717, 1.165) is 0 Å². The summed E-state index contributed by atoms with van der Waals surface area (Å²) in [5.74, 6) is 0. The summed E-state index contributed by atoms with van der Waals surface area (Å²) in [4.78, 5) is 0. The first-order valence-electron chi connectivity index (χ1n) is 1.32. The van der Waals surface area contributed by atoms with Crippen molar-refractivity contribution in [1.82, 2.24) is 5.01 Å². The van der Waals surface area contributed by atoms with Crippen LogP contribution in [0.25, 0.3) is 0 Å². The van der Waals surface area contributed by atoms with Crippen LogP contribution < -0.4 is 0 Å². The minimum atomic E-state index is 1.42. The van der Waals surface area contributed by atoms with Crippen LogP contribution in [0.3, 0.4) is 0 Å². The summed E-state index contributed by atoms with van der Waals surface area (Å²) in [6, 6.07) is 0. The molecule has 0 aliphatic carbocycles. The lowest BCUT2D eigenvalue weighted by molar-refractivity contribution is 0.393. The third-order valence-electron chi connectivity index (χ3n) is 0.200. The van der Waals surface area contributed by atoms with Crippen LogP contribution in [0, 0.1) is 5.53 Å². The molecule has 0 heterocycles. The van der Waals surface area contributed by atoms with E-state index < -0.39 is 0 Å². The minimum absolute atomic E-state index is 1.42. The number of rotatable bonds is 1. The van der Waals surface area contributed by atoms with Crippen molar-refractivity contribution in [2.75, 3.05) is 14.1 Å². The molecule has 0 radical (unpaired) electrons. The Kier molecular flexibility index (Phi) is 1.49. The molecule has 0 rings (SSSR count). The van der Waals surface area contributed by atoms with Crippen LogP contribution in [0.15, 0.2) is 5.22 Å². The molecular formula is C2H7N3. The summed E-state index contributed by atoms with van der Waals surface area (Å²) in [5.41, 5.74) is 6.21. The first kappa shape index (κ1) is 4.40. The summed E-state index contributed by atoms with van der Waals surface area (Å²) in [6.45, 7) is 0. The third-order valence-corrected chi connectivity index (χ3v) is 0.200. The predicted molar refractivity (Wildman–Crippen MR) is 18.8 cm³/mol. The van der Waals surface area contributed by atoms with E-state index in [0.29, 0.717) is 0 Å². The van der Waals surface area contributed by atoms with Crippen molar-refractivity contribution in [3.8, 4) is 0 Å². The Morgan fingerprint density at radius 2 is 1.80 bits per heavy atom. The van der Waals surface area contributed by atoms with Crippen molar-refractivity contribution in [1.29, 1.82) is 5.53 Å². The lowest BCUT2D eigenvalue weighted by Crippen LogP contribution is -1.97. The molecule has 0 unspecified atom stereocenters. The Hall–Kier alpha value is -0.600. The van der Waals surface area contributed by atoms with Crippen molar-refractivity contribution in [3.63, 3.8) is 0 Å². The zero-order valence-electron chi connectivity index (χ0n) is 3.39. The molecule has 0 atom stereocenters. The smallest absolute Gasteiger partial charge is 0.0261 e. The van der Waals surface area contributed by atoms with E-state index in [9.17, 15) is 0 Å². The number of nitrogens with zero attached hydrogens (tertiary/aromatic N) is 2. The Morgan fingerprint density at radius 3 is 1.80 bits per heavy atom. The highest BCUT2D eigenvalue weighted by Crippen LogP contribution is 1.64. The summed E-state index contributed by atoms with van der Waals surface area (Å²) in [7, 11) is 3.40. The average Bonchev–Trinajstić information content (AvgIpc) is 1.38. The first-order valence-corrected chi connectivity index (χ1v) is 1.32. The van der Waals surface area contributed by atoms with Gasteiger partial charge in [0.1, 0.15) is 0 Å². The normalized spacial score (nSPS) is 6.80. The van der Waals surface area contributed by atoms with Crippen LogP contribution in [0.4, 0.5) is 0 Å². The van der Waals surface area contributed by atoms with Crippen LogP contribution in [0.2, 0.25) is 0 Å². The summed E-state index contributed by atoms with van der Waals surface area (Å²) in [5, 5.41) is 4.39. The maximum Gasteiger partial charge on any atom is 0.0261 e. The SMILES string of the molecule is CN(C)N=N. The van der Waals surface area contributed by atoms with E-state index in [1.807, 2.05) is 0 Å². The molecule has 0 fully saturated rings. The van der Waals surface area contributed by atoms with Crippen LogP contribution >= 0.6 is 0 Å². The van der Waals surface area contributed by atoms with Gasteiger partial charge in [0, 0.05) is 14.1 Å². The van der Waals surface area contributed by atoms with Gasteiger partial charge in [0.25, 0.3) is 0 Å². The molecule has 30 valence electrons. The largest absolute Gasteiger partial charge is 0.285 e. The Labute approximate surface area is 31.1 Å². The van der Waals surface area contributed by atoms with E-state index in [4.69, 9.17) is 5.53 Å². The fourth-order valence-electron chi connectivity index (χ4n) is 0. The molecule has 0 aromatic rings. The van der Waals surface area contributed by atoms with Gasteiger partial charge in [-0.25, -0.2) is 0 Å². The van der Waals surface area contributed by atoms with Gasteiger partial charge in [0.2, 0.25) is 0 Å². The van der Waals surface area contributed by atoms with Crippen molar-refractivity contribution in [2.24, 2.45) is 5.22 Å². The lowest BCUT2D eigenvalue weighted by atomic mass is 11.2. The third kappa shape index (κ3) is 3.40. The second-order valence-corrected chi connectivity index (χ2v) is 0.947. The van der Waals surface area contributed by atoms with E-state index >= 15 is 0 Å². The standard InChI is InChI=1S/C2H7N3/c1-5(2)4-3/h3H,1-2H3. The zero-order chi connectivity index (χ0) is 4.28. The Balaban J connectivity index is 2.83. The van der Waals surface area contributed by atoms with Gasteiger partial charge in [0.15, 0.2) is 0 Å². The van der Waals surface area contributed by atoms with Crippen molar-refractivity contribution < 1.29 is 0 Å². The number of hydrogen-bond acceptors (Lipinski definition) is 2. The quantitative estimate of drug-likeness (QED) is 0.356. The Bertz CT molecular complexity index is 31.9. The molecule has 1 N–H and O–H groups in total. The molecule has 3 nitrogen and oxygen atoms in total. The molecular weight excluding hydrogens is 66.0 g/mol. The van der Waals surface area contributed by atoms with E-state index in [1.165, 1.54) is 5.01 Å². The van der Waals surface area contributed by atoms with Gasteiger partial charge in [-0.05, 0) is 0 Å². The molecule has 3 heteroatoms. The number of hydrogen-bond donors (Lipinski definition) is 1. The summed E-state index contributed by atoms with van der Waals surface area (Å²) in [6.07, 6.45) is 0. The van der Waals surface area contributed by atoms with Crippen LogP contribution in [-0.4, -0.2) is 19.1 Å². The highest BCUT2D eigenvalue weighted by Gasteiger charge is 1.64. The summed E-state index contributed by atoms with van der Waals surface area (Å²) < 4.78 is 0. The van der Waals surface area contributed by atoms with E-state index in [-0.39, 0.29) is 0 Å². The van der Waals surface area contributed by atoms with Crippen molar-refractivity contribution >= 4 is 0 Å². The lowest BCUT2D eigenvalue weighted by Gasteiger charge is -1.94. The van der Waals surface area contributed by atoms with Gasteiger partial charge in [-0.3, -0.25) is 5.01 Å². The Morgan fingerprint density at radius 1 is 1.60 bits per heavy atom. The van der Waals surface area contributed by atoms with E-state index in [2.05, 4.69) is 5.22 Å². The van der Waals surface area contributed by atoms with Crippen LogP contribution in [0.1, 0.15) is 0 Å². The molecule has 0 spiro atoms. The molecule has 0 amide bonds. The summed E-state index contributed by atoms with van der Waals surface area (Å²) >= 11 is 0. The maximum atomic E-state index is 6.21. The average molecular weight is 73.1 g/mol. The fraction of sp³-hybridized carbons (Fsp3) is 1.00. The van der Waals surface area contributed by atoms with Gasteiger partial charge in [-0.1, -0.05) is 5.22 Å². The van der Waals surface area contributed by atoms with Crippen molar-refractivity contribution in [3.05, 3.63) is 0 Å². The molecule has 5 heavy (non-hydrogen) atoms. The van der Waals surface area contributed by atoms with Gasteiger partial charge in [0.05, 0.1) is 0 Å². The second kappa shape index (κ2) is 1.69. The molecule has 0 aromatic heterocycles. The van der Waals surface area contributed by atoms with Crippen LogP contribution in [0.5, 0.6) is 0 Å². The minimum Gasteiger partial charge on any atom is -0.285 e. The second-order valence-electron chi connectivity index (χ2n) is 0.947. The monoisotopic (exact) mass is 73.1 g/mol. The fourth-order valence-corrected chi connectivity index (χ4v) is 0. The maximum absolute atomic E-state index is 6.21. The predicted octanol–water partition coefficient (Wildman–Crippen LogP) is 0.494. The molecule has 0 aromatic carbocycles. The zero-order valence-corrected chi connectivity index (χ0v) is 3.39. The highest BCUT2D eigenvalue weighted by atomic mass is 15.5. The van der Waals surface area contributed by atoms with Gasteiger partial charge < -0.3 is 0 Å². The molecule has 0 saturated carbocycles. The van der Waals surface area contributed by atoms with E-state index in [1.54, 1.807) is 14.1 Å². The van der Waals surface area contributed by atoms with Crippen molar-refractivity contribution in [2.45, 2.75) is 0 Å². The molecule has 0 bridgehead atoms. The molecule has 0 saturated heterocycles. The first-order chi connectivity index (χ1) is 2.27. The molecule has 0 aliphatic rings. The number of nitrogens with one attached hydrogen (secondary N) is 1. The highest BCUT2D eigenvalue weighted by molar-refractivity contribution is 4.07. The van der Waals surface area contributed by atoms with Gasteiger partial charge in [-0.15, -0.1) is 0 Å². The van der Waals surface area contributed by atoms with Gasteiger partial charge >= 0.3 is 0 Å². The molecule has 0 aliphatic heterocycles. The van der Waals surface area contributed by atoms with Gasteiger partial charge in [-0.2, -0.15) is 5.53 Å². The van der Waals surface area contributed by atoms with Crippen LogP contribution in [-0.2, 0) is 0 Å².